The van der Waals surface area contributed by atoms with E-state index >= 15 is 0 Å². The molecule has 0 N–H and O–H groups in total. The quantitative estimate of drug-likeness (QED) is 0.836. The third-order valence-corrected chi connectivity index (χ3v) is 2.76. The highest BCUT2D eigenvalue weighted by molar-refractivity contribution is 6.35. The maximum Gasteiger partial charge on any atom is 0.260 e. The van der Waals surface area contributed by atoms with E-state index in [2.05, 4.69) is 0 Å². The monoisotopic (exact) mass is 286 g/mol. The number of halogens is 2. The molecule has 0 fully saturated rings. The zero-order valence-electron chi connectivity index (χ0n) is 9.82. The maximum atomic E-state index is 11.6. The van der Waals surface area contributed by atoms with E-state index in [-0.39, 0.29) is 12.5 Å². The van der Waals surface area contributed by atoms with E-state index in [1.807, 2.05) is 6.07 Å². The van der Waals surface area contributed by atoms with Gasteiger partial charge in [0.2, 0.25) is 0 Å². The molecule has 0 unspecified atom stereocenters. The van der Waals surface area contributed by atoms with E-state index in [1.54, 1.807) is 25.2 Å². The maximum absolute atomic E-state index is 11.6. The minimum absolute atomic E-state index is 0.122. The van der Waals surface area contributed by atoms with Crippen molar-refractivity contribution in [3.63, 3.8) is 0 Å². The van der Waals surface area contributed by atoms with Gasteiger partial charge in [-0.25, -0.2) is 0 Å². The molecule has 0 atom stereocenters. The van der Waals surface area contributed by atoms with Gasteiger partial charge in [-0.15, -0.1) is 0 Å². The van der Waals surface area contributed by atoms with Gasteiger partial charge in [-0.05, 0) is 18.2 Å². The van der Waals surface area contributed by atoms with Crippen LogP contribution in [0.15, 0.2) is 18.2 Å². The van der Waals surface area contributed by atoms with Gasteiger partial charge in [-0.2, -0.15) is 5.26 Å². The number of nitrogens with zero attached hydrogens (tertiary/aromatic N) is 2. The van der Waals surface area contributed by atoms with Gasteiger partial charge in [0.05, 0.1) is 17.5 Å². The Balaban J connectivity index is 2.50. The number of hydrogen-bond acceptors (Lipinski definition) is 3. The lowest BCUT2D eigenvalue weighted by Crippen LogP contribution is -2.32. The lowest BCUT2D eigenvalue weighted by atomic mass is 10.3. The van der Waals surface area contributed by atoms with Gasteiger partial charge in [0.1, 0.15) is 5.75 Å². The topological polar surface area (TPSA) is 53.3 Å². The smallest absolute Gasteiger partial charge is 0.260 e. The van der Waals surface area contributed by atoms with Gasteiger partial charge < -0.3 is 9.64 Å². The molecule has 1 aromatic rings. The molecule has 1 amide bonds. The summed E-state index contributed by atoms with van der Waals surface area (Å²) in [5.41, 5.74) is 0. The van der Waals surface area contributed by atoms with Gasteiger partial charge in [-0.1, -0.05) is 23.2 Å². The van der Waals surface area contributed by atoms with Crippen molar-refractivity contribution < 1.29 is 9.53 Å². The normalized spacial score (nSPS) is 9.67. The Morgan fingerprint density at radius 2 is 2.22 bits per heavy atom. The molecule has 1 aromatic carbocycles. The number of carbonyl (C=O) groups is 1. The van der Waals surface area contributed by atoms with Crippen molar-refractivity contribution in [2.24, 2.45) is 0 Å². The van der Waals surface area contributed by atoms with Crippen molar-refractivity contribution in [1.29, 1.82) is 5.26 Å². The minimum atomic E-state index is -0.212. The number of ether oxygens (including phenoxy) is 1. The van der Waals surface area contributed by atoms with Crippen molar-refractivity contribution in [2.45, 2.75) is 6.42 Å². The van der Waals surface area contributed by atoms with Crippen LogP contribution in [0.3, 0.4) is 0 Å². The lowest BCUT2D eigenvalue weighted by Gasteiger charge is -2.16. The molecular formula is C12H12Cl2N2O2. The van der Waals surface area contributed by atoms with Crippen molar-refractivity contribution in [2.75, 3.05) is 20.2 Å². The molecule has 1 rings (SSSR count). The van der Waals surface area contributed by atoms with Crippen LogP contribution in [-0.4, -0.2) is 31.0 Å². The summed E-state index contributed by atoms with van der Waals surface area (Å²) in [5, 5.41) is 9.28. The second-order valence-electron chi connectivity index (χ2n) is 3.59. The van der Waals surface area contributed by atoms with E-state index in [4.69, 9.17) is 33.2 Å². The highest BCUT2D eigenvalue weighted by Crippen LogP contribution is 2.27. The number of hydrogen-bond donors (Lipinski definition) is 0. The number of benzene rings is 1. The van der Waals surface area contributed by atoms with Gasteiger partial charge in [-0.3, -0.25) is 4.79 Å². The lowest BCUT2D eigenvalue weighted by molar-refractivity contribution is -0.131. The molecule has 0 aliphatic heterocycles. The molecule has 4 nitrogen and oxygen atoms in total. The van der Waals surface area contributed by atoms with Crippen LogP contribution in [-0.2, 0) is 4.79 Å². The first-order valence-electron chi connectivity index (χ1n) is 5.23. The molecule has 96 valence electrons. The van der Waals surface area contributed by atoms with Crippen LogP contribution in [0.4, 0.5) is 0 Å². The van der Waals surface area contributed by atoms with Crippen LogP contribution in [0.1, 0.15) is 6.42 Å². The fourth-order valence-corrected chi connectivity index (χ4v) is 1.65. The number of rotatable bonds is 5. The van der Waals surface area contributed by atoms with Gasteiger partial charge in [0, 0.05) is 18.6 Å². The minimum Gasteiger partial charge on any atom is -0.482 e. The molecule has 0 aromatic heterocycles. The molecule has 0 radical (unpaired) electrons. The summed E-state index contributed by atoms with van der Waals surface area (Å²) in [6, 6.07) is 6.75. The number of likely N-dealkylation sites (N-methyl/N-ethyl adjacent to an activating group) is 1. The second-order valence-corrected chi connectivity index (χ2v) is 4.43. The first kappa shape index (κ1) is 14.6. The van der Waals surface area contributed by atoms with E-state index in [9.17, 15) is 4.79 Å². The highest BCUT2D eigenvalue weighted by Gasteiger charge is 2.10. The Hall–Kier alpha value is -1.44. The zero-order valence-corrected chi connectivity index (χ0v) is 11.3. The average Bonchev–Trinajstić information content (AvgIpc) is 2.34. The van der Waals surface area contributed by atoms with Crippen LogP contribution in [0, 0.1) is 11.3 Å². The van der Waals surface area contributed by atoms with Crippen molar-refractivity contribution in [3.8, 4) is 11.8 Å². The first-order chi connectivity index (χ1) is 8.54. The summed E-state index contributed by atoms with van der Waals surface area (Å²) < 4.78 is 5.29. The predicted octanol–water partition coefficient (Wildman–Crippen LogP) is 2.74. The largest absolute Gasteiger partial charge is 0.482 e. The summed E-state index contributed by atoms with van der Waals surface area (Å²) in [4.78, 5) is 13.1. The summed E-state index contributed by atoms with van der Waals surface area (Å²) in [6.45, 7) is 0.260. The van der Waals surface area contributed by atoms with Gasteiger partial charge in [0.25, 0.3) is 5.91 Å². The number of carbonyl (C=O) groups excluding carboxylic acids is 1. The van der Waals surface area contributed by atoms with Crippen molar-refractivity contribution in [3.05, 3.63) is 28.2 Å². The number of amides is 1. The van der Waals surface area contributed by atoms with E-state index in [1.165, 1.54) is 4.90 Å². The predicted molar refractivity (Wildman–Crippen MR) is 69.8 cm³/mol. The first-order valence-corrected chi connectivity index (χ1v) is 5.99. The van der Waals surface area contributed by atoms with Crippen molar-refractivity contribution >= 4 is 29.1 Å². The molecule has 0 aliphatic carbocycles. The summed E-state index contributed by atoms with van der Waals surface area (Å²) in [7, 11) is 1.62. The Bertz CT molecular complexity index is 472. The second kappa shape index (κ2) is 7.10. The summed E-state index contributed by atoms with van der Waals surface area (Å²) in [6.07, 6.45) is 0.296. The molecular weight excluding hydrogens is 275 g/mol. The Morgan fingerprint density at radius 1 is 1.50 bits per heavy atom. The molecule has 0 heterocycles. The molecule has 18 heavy (non-hydrogen) atoms. The Kier molecular flexibility index (Phi) is 5.76. The SMILES string of the molecule is CN(CCC#N)C(=O)COc1ccc(Cl)cc1Cl. The van der Waals surface area contributed by atoms with Crippen LogP contribution in [0.5, 0.6) is 5.75 Å². The molecule has 0 saturated heterocycles. The zero-order chi connectivity index (χ0) is 13.5. The van der Waals surface area contributed by atoms with E-state index < -0.39 is 0 Å². The molecule has 0 bridgehead atoms. The molecule has 6 heteroatoms. The van der Waals surface area contributed by atoms with Crippen molar-refractivity contribution in [1.82, 2.24) is 4.90 Å². The fraction of sp³-hybridized carbons (Fsp3) is 0.333. The van der Waals surface area contributed by atoms with E-state index in [0.717, 1.165) is 0 Å². The third-order valence-electron chi connectivity index (χ3n) is 2.23. The standard InChI is InChI=1S/C12H12Cl2N2O2/c1-16(6-2-5-15)12(17)8-18-11-4-3-9(13)7-10(11)14/h3-4,7H,2,6,8H2,1H3. The van der Waals surface area contributed by atoms with Crippen LogP contribution in [0.25, 0.3) is 0 Å². The fourth-order valence-electron chi connectivity index (χ4n) is 1.18. The Labute approximate surface area is 116 Å². The van der Waals surface area contributed by atoms with Crippen LogP contribution >= 0.6 is 23.2 Å². The number of nitriles is 1. The van der Waals surface area contributed by atoms with Crippen LogP contribution in [0.2, 0.25) is 10.0 Å². The Morgan fingerprint density at radius 3 is 2.83 bits per heavy atom. The van der Waals surface area contributed by atoms with E-state index in [0.29, 0.717) is 28.8 Å². The third kappa shape index (κ3) is 4.44. The molecule has 0 aliphatic rings. The van der Waals surface area contributed by atoms with Crippen LogP contribution < -0.4 is 4.74 Å². The van der Waals surface area contributed by atoms with Gasteiger partial charge in [0.15, 0.2) is 6.61 Å². The van der Waals surface area contributed by atoms with Gasteiger partial charge >= 0.3 is 0 Å². The average molecular weight is 287 g/mol. The molecule has 0 saturated carbocycles. The highest BCUT2D eigenvalue weighted by atomic mass is 35.5. The summed E-state index contributed by atoms with van der Waals surface area (Å²) in [5.74, 6) is 0.194. The molecule has 0 spiro atoms. The summed E-state index contributed by atoms with van der Waals surface area (Å²) >= 11 is 11.6.